The van der Waals surface area contributed by atoms with Crippen molar-refractivity contribution in [3.05, 3.63) is 35.9 Å². The van der Waals surface area contributed by atoms with Gasteiger partial charge < -0.3 is 10.1 Å². The fraction of sp³-hybridized carbons (Fsp3) is 0.562. The largest absolute Gasteiger partial charge is 0.379 e. The van der Waals surface area contributed by atoms with Gasteiger partial charge in [-0.1, -0.05) is 37.3 Å². The molecule has 0 amide bonds. The monoisotopic (exact) mass is 261 g/mol. The van der Waals surface area contributed by atoms with E-state index < -0.39 is 0 Å². The van der Waals surface area contributed by atoms with E-state index in [1.807, 2.05) is 18.2 Å². The molecule has 1 aromatic rings. The minimum atomic E-state index is 0.0373. The third-order valence-electron chi connectivity index (χ3n) is 3.65. The van der Waals surface area contributed by atoms with Crippen molar-refractivity contribution in [3.63, 3.8) is 0 Å². The summed E-state index contributed by atoms with van der Waals surface area (Å²) in [7, 11) is 0. The van der Waals surface area contributed by atoms with E-state index in [0.29, 0.717) is 25.4 Å². The highest BCUT2D eigenvalue weighted by atomic mass is 16.5. The fourth-order valence-electron chi connectivity index (χ4n) is 2.50. The molecular weight excluding hydrogens is 238 g/mol. The molecule has 1 aromatic carbocycles. The Balaban J connectivity index is 1.82. The maximum atomic E-state index is 12.3. The third kappa shape index (κ3) is 4.15. The van der Waals surface area contributed by atoms with E-state index in [9.17, 15) is 4.79 Å². The van der Waals surface area contributed by atoms with E-state index in [4.69, 9.17) is 4.74 Å². The summed E-state index contributed by atoms with van der Waals surface area (Å²) in [4.78, 5) is 12.3. The number of carbonyl (C=O) groups excluding carboxylic acids is 1. The standard InChI is InChI=1S/C16H23NO2/c1-2-10-17-15-12-19-11-14(15)16(18)9-8-13-6-4-3-5-7-13/h3-7,14-15,17H,2,8-12H2,1H3. The molecule has 1 aliphatic heterocycles. The summed E-state index contributed by atoms with van der Waals surface area (Å²) in [5.41, 5.74) is 1.23. The molecule has 0 aliphatic carbocycles. The van der Waals surface area contributed by atoms with Gasteiger partial charge in [0.1, 0.15) is 5.78 Å². The Kier molecular flexibility index (Phi) is 5.55. The highest BCUT2D eigenvalue weighted by Crippen LogP contribution is 2.17. The molecular formula is C16H23NO2. The Morgan fingerprint density at radius 1 is 1.32 bits per heavy atom. The Morgan fingerprint density at radius 3 is 2.84 bits per heavy atom. The van der Waals surface area contributed by atoms with Gasteiger partial charge >= 0.3 is 0 Å². The van der Waals surface area contributed by atoms with Crippen molar-refractivity contribution in [3.8, 4) is 0 Å². The van der Waals surface area contributed by atoms with Gasteiger partial charge in [0.2, 0.25) is 0 Å². The number of ketones is 1. The molecule has 0 bridgehead atoms. The molecule has 1 aliphatic rings. The number of nitrogens with one attached hydrogen (secondary N) is 1. The Bertz CT molecular complexity index is 391. The predicted octanol–water partition coefficient (Wildman–Crippen LogP) is 2.20. The number of benzene rings is 1. The van der Waals surface area contributed by atoms with Gasteiger partial charge in [0.15, 0.2) is 0 Å². The van der Waals surface area contributed by atoms with Gasteiger partial charge in [0.05, 0.1) is 19.1 Å². The number of ether oxygens (including phenoxy) is 1. The highest BCUT2D eigenvalue weighted by molar-refractivity contribution is 5.82. The molecule has 0 spiro atoms. The molecule has 19 heavy (non-hydrogen) atoms. The lowest BCUT2D eigenvalue weighted by atomic mass is 9.94. The van der Waals surface area contributed by atoms with Gasteiger partial charge in [0.25, 0.3) is 0 Å². The molecule has 1 saturated heterocycles. The van der Waals surface area contributed by atoms with Gasteiger partial charge in [-0.2, -0.15) is 0 Å². The molecule has 3 nitrogen and oxygen atoms in total. The van der Waals surface area contributed by atoms with Crippen LogP contribution in [0.15, 0.2) is 30.3 Å². The molecule has 1 heterocycles. The highest BCUT2D eigenvalue weighted by Gasteiger charge is 2.32. The molecule has 1 fully saturated rings. The summed E-state index contributed by atoms with van der Waals surface area (Å²) >= 11 is 0. The topological polar surface area (TPSA) is 38.3 Å². The Labute approximate surface area is 115 Å². The summed E-state index contributed by atoms with van der Waals surface area (Å²) in [5.74, 6) is 0.366. The molecule has 2 atom stereocenters. The maximum absolute atomic E-state index is 12.3. The van der Waals surface area contributed by atoms with Crippen LogP contribution < -0.4 is 5.32 Å². The van der Waals surface area contributed by atoms with Gasteiger partial charge in [-0.05, 0) is 24.9 Å². The Morgan fingerprint density at radius 2 is 2.11 bits per heavy atom. The zero-order valence-electron chi connectivity index (χ0n) is 11.6. The van der Waals surface area contributed by atoms with E-state index in [1.165, 1.54) is 5.56 Å². The molecule has 2 unspecified atom stereocenters. The number of hydrogen-bond donors (Lipinski definition) is 1. The van der Waals surface area contributed by atoms with E-state index in [-0.39, 0.29) is 12.0 Å². The molecule has 0 saturated carbocycles. The quantitative estimate of drug-likeness (QED) is 0.818. The lowest BCUT2D eigenvalue weighted by Gasteiger charge is -2.17. The molecule has 1 N–H and O–H groups in total. The third-order valence-corrected chi connectivity index (χ3v) is 3.65. The van der Waals surface area contributed by atoms with Crippen LogP contribution >= 0.6 is 0 Å². The number of hydrogen-bond acceptors (Lipinski definition) is 3. The van der Waals surface area contributed by atoms with E-state index in [0.717, 1.165) is 19.4 Å². The second kappa shape index (κ2) is 7.41. The molecule has 2 rings (SSSR count). The second-order valence-corrected chi connectivity index (χ2v) is 5.16. The first-order chi connectivity index (χ1) is 9.31. The van der Waals surface area contributed by atoms with Gasteiger partial charge in [-0.3, -0.25) is 4.79 Å². The number of carbonyl (C=O) groups is 1. The van der Waals surface area contributed by atoms with Crippen molar-refractivity contribution >= 4 is 5.78 Å². The summed E-state index contributed by atoms with van der Waals surface area (Å²) in [6.07, 6.45) is 2.53. The zero-order chi connectivity index (χ0) is 13.5. The molecule has 3 heteroatoms. The summed E-state index contributed by atoms with van der Waals surface area (Å²) in [6.45, 7) is 4.34. The number of Topliss-reactive ketones (excluding diaryl/α,β-unsaturated/α-hetero) is 1. The fourth-order valence-corrected chi connectivity index (χ4v) is 2.50. The van der Waals surface area contributed by atoms with Crippen LogP contribution in [-0.4, -0.2) is 31.6 Å². The minimum absolute atomic E-state index is 0.0373. The molecule has 0 radical (unpaired) electrons. The number of rotatable bonds is 7. The Hall–Kier alpha value is -1.19. The summed E-state index contributed by atoms with van der Waals surface area (Å²) in [5, 5.41) is 3.41. The average molecular weight is 261 g/mol. The lowest BCUT2D eigenvalue weighted by molar-refractivity contribution is -0.123. The van der Waals surface area contributed by atoms with E-state index in [2.05, 4.69) is 24.4 Å². The van der Waals surface area contributed by atoms with Crippen LogP contribution in [0.2, 0.25) is 0 Å². The van der Waals surface area contributed by atoms with Crippen LogP contribution in [0.1, 0.15) is 25.3 Å². The van der Waals surface area contributed by atoms with Crippen molar-refractivity contribution in [2.45, 2.75) is 32.2 Å². The minimum Gasteiger partial charge on any atom is -0.379 e. The van der Waals surface area contributed by atoms with Crippen LogP contribution in [0.25, 0.3) is 0 Å². The van der Waals surface area contributed by atoms with Crippen LogP contribution in [0, 0.1) is 5.92 Å². The first kappa shape index (κ1) is 14.2. The van der Waals surface area contributed by atoms with Crippen molar-refractivity contribution in [2.75, 3.05) is 19.8 Å². The van der Waals surface area contributed by atoms with Crippen molar-refractivity contribution in [1.82, 2.24) is 5.32 Å². The SMILES string of the molecule is CCCNC1COCC1C(=O)CCc1ccccc1. The molecule has 104 valence electrons. The van der Waals surface area contributed by atoms with Crippen molar-refractivity contribution in [1.29, 1.82) is 0 Å². The summed E-state index contributed by atoms with van der Waals surface area (Å²) in [6, 6.07) is 10.4. The first-order valence-electron chi connectivity index (χ1n) is 7.19. The normalized spacial score (nSPS) is 22.6. The van der Waals surface area contributed by atoms with Gasteiger partial charge in [-0.25, -0.2) is 0 Å². The van der Waals surface area contributed by atoms with E-state index >= 15 is 0 Å². The van der Waals surface area contributed by atoms with Crippen molar-refractivity contribution < 1.29 is 9.53 Å². The van der Waals surface area contributed by atoms with E-state index in [1.54, 1.807) is 0 Å². The van der Waals surface area contributed by atoms with Gasteiger partial charge in [0, 0.05) is 12.5 Å². The smallest absolute Gasteiger partial charge is 0.140 e. The van der Waals surface area contributed by atoms with Crippen LogP contribution in [0.3, 0.4) is 0 Å². The van der Waals surface area contributed by atoms with Crippen LogP contribution in [0.4, 0.5) is 0 Å². The zero-order valence-corrected chi connectivity index (χ0v) is 11.6. The molecule has 0 aromatic heterocycles. The predicted molar refractivity (Wildman–Crippen MR) is 76.2 cm³/mol. The lowest BCUT2D eigenvalue weighted by Crippen LogP contribution is -2.39. The maximum Gasteiger partial charge on any atom is 0.140 e. The van der Waals surface area contributed by atoms with Gasteiger partial charge in [-0.15, -0.1) is 0 Å². The summed E-state index contributed by atoms with van der Waals surface area (Å²) < 4.78 is 5.46. The number of aryl methyl sites for hydroxylation is 1. The van der Waals surface area contributed by atoms with Crippen LogP contribution in [0.5, 0.6) is 0 Å². The average Bonchev–Trinajstić information content (AvgIpc) is 2.92. The van der Waals surface area contributed by atoms with Crippen molar-refractivity contribution in [2.24, 2.45) is 5.92 Å². The van der Waals surface area contributed by atoms with Crippen LogP contribution in [-0.2, 0) is 16.0 Å². The second-order valence-electron chi connectivity index (χ2n) is 5.16. The first-order valence-corrected chi connectivity index (χ1v) is 7.19.